The minimum atomic E-state index is -4.04. The molecule has 0 bridgehead atoms. The summed E-state index contributed by atoms with van der Waals surface area (Å²) in [5.74, 6) is 0. The van der Waals surface area contributed by atoms with Crippen LogP contribution in [0.15, 0.2) is 53.4 Å². The van der Waals surface area contributed by atoms with Crippen LogP contribution >= 0.6 is 0 Å². The first-order chi connectivity index (χ1) is 13.2. The maximum absolute atomic E-state index is 13.3. The number of alkyl halides is 2. The van der Waals surface area contributed by atoms with Gasteiger partial charge in [-0.1, -0.05) is 12.1 Å². The molecule has 0 spiro atoms. The monoisotopic (exact) mass is 408 g/mol. The van der Waals surface area contributed by atoms with Gasteiger partial charge in [0.25, 0.3) is 6.43 Å². The molecular formula is C18H18F2N4O3S. The van der Waals surface area contributed by atoms with E-state index in [1.54, 1.807) is 31.3 Å². The highest BCUT2D eigenvalue weighted by atomic mass is 32.2. The lowest BCUT2D eigenvalue weighted by Crippen LogP contribution is -2.15. The second-order valence-corrected chi connectivity index (χ2v) is 7.52. The summed E-state index contributed by atoms with van der Waals surface area (Å²) in [7, 11) is -2.28. The number of benzene rings is 2. The second kappa shape index (κ2) is 7.66. The Kier molecular flexibility index (Phi) is 5.45. The zero-order valence-corrected chi connectivity index (χ0v) is 15.6. The summed E-state index contributed by atoms with van der Waals surface area (Å²) in [4.78, 5) is -0.236. The number of nitrogens with two attached hydrogens (primary N) is 1. The molecule has 1 aromatic heterocycles. The smallest absolute Gasteiger partial charge is 0.282 e. The summed E-state index contributed by atoms with van der Waals surface area (Å²) in [6.07, 6.45) is -2.78. The summed E-state index contributed by atoms with van der Waals surface area (Å²) in [5.41, 5.74) is 1.82. The number of nitrogens with zero attached hydrogens (tertiary/aromatic N) is 2. The fourth-order valence-electron chi connectivity index (χ4n) is 2.81. The van der Waals surface area contributed by atoms with Crippen LogP contribution < -0.4 is 10.5 Å². The van der Waals surface area contributed by atoms with Gasteiger partial charge < -0.3 is 10.4 Å². The van der Waals surface area contributed by atoms with Crippen molar-refractivity contribution in [1.29, 1.82) is 0 Å². The molecule has 0 atom stereocenters. The molecule has 3 aromatic rings. The maximum atomic E-state index is 13.3. The third-order valence-electron chi connectivity index (χ3n) is 4.19. The lowest BCUT2D eigenvalue weighted by Gasteiger charge is -2.12. The first-order valence-electron chi connectivity index (χ1n) is 8.18. The minimum absolute atomic E-state index is 0.0468. The Morgan fingerprint density at radius 1 is 1.18 bits per heavy atom. The van der Waals surface area contributed by atoms with Gasteiger partial charge in [-0.15, -0.1) is 0 Å². The number of sulfonamides is 1. The molecule has 0 radical (unpaired) electrons. The molecule has 0 saturated heterocycles. The van der Waals surface area contributed by atoms with Gasteiger partial charge in [0.15, 0.2) is 0 Å². The average Bonchev–Trinajstić information content (AvgIpc) is 3.12. The molecule has 1 heterocycles. The molecule has 4 N–H and O–H groups in total. The summed E-state index contributed by atoms with van der Waals surface area (Å²) >= 11 is 0. The van der Waals surface area contributed by atoms with Crippen molar-refractivity contribution in [3.8, 4) is 16.9 Å². The summed E-state index contributed by atoms with van der Waals surface area (Å²) in [6.45, 7) is -0.589. The number of aliphatic hydroxyl groups excluding tert-OH is 1. The largest absolute Gasteiger partial charge is 0.392 e. The molecule has 0 amide bonds. The van der Waals surface area contributed by atoms with Gasteiger partial charge in [0, 0.05) is 18.3 Å². The Morgan fingerprint density at radius 2 is 1.86 bits per heavy atom. The highest BCUT2D eigenvalue weighted by Crippen LogP contribution is 2.30. The van der Waals surface area contributed by atoms with E-state index in [1.807, 2.05) is 0 Å². The molecule has 0 aliphatic heterocycles. The first-order valence-corrected chi connectivity index (χ1v) is 9.72. The average molecular weight is 408 g/mol. The molecule has 10 heteroatoms. The van der Waals surface area contributed by atoms with Crippen LogP contribution in [0, 0.1) is 0 Å². The Morgan fingerprint density at radius 3 is 2.39 bits per heavy atom. The van der Waals surface area contributed by atoms with Crippen molar-refractivity contribution < 1.29 is 22.3 Å². The Hall–Kier alpha value is -2.82. The van der Waals surface area contributed by atoms with E-state index in [2.05, 4.69) is 10.4 Å². The number of aliphatic hydroxyl groups is 1. The molecule has 3 rings (SSSR count). The van der Waals surface area contributed by atoms with Crippen molar-refractivity contribution in [1.82, 2.24) is 9.78 Å². The predicted molar refractivity (Wildman–Crippen MR) is 101 cm³/mol. The molecule has 2 aromatic carbocycles. The number of nitrogens with one attached hydrogen (secondary N) is 1. The van der Waals surface area contributed by atoms with Crippen LogP contribution in [0.5, 0.6) is 0 Å². The second-order valence-electron chi connectivity index (χ2n) is 5.99. The normalized spacial score (nSPS) is 11.8. The van der Waals surface area contributed by atoms with Gasteiger partial charge in [0.1, 0.15) is 5.69 Å². The van der Waals surface area contributed by atoms with Crippen LogP contribution in [0.25, 0.3) is 16.9 Å². The van der Waals surface area contributed by atoms with Crippen molar-refractivity contribution in [2.24, 2.45) is 5.14 Å². The van der Waals surface area contributed by atoms with Gasteiger partial charge in [-0.2, -0.15) is 5.10 Å². The molecule has 0 aliphatic carbocycles. The van der Waals surface area contributed by atoms with Crippen molar-refractivity contribution in [3.63, 3.8) is 0 Å². The van der Waals surface area contributed by atoms with Crippen molar-refractivity contribution in [2.75, 3.05) is 12.4 Å². The first kappa shape index (κ1) is 19.9. The van der Waals surface area contributed by atoms with Crippen molar-refractivity contribution >= 4 is 15.7 Å². The van der Waals surface area contributed by atoms with E-state index in [9.17, 15) is 22.3 Å². The molecule has 0 aliphatic rings. The SMILES string of the molecule is CNc1ccc(-c2cc(C(F)F)nn2-c2ccc(S(N)(=O)=O)c(CO)c2)cc1. The van der Waals surface area contributed by atoms with Crippen molar-refractivity contribution in [2.45, 2.75) is 17.9 Å². The molecule has 0 fully saturated rings. The predicted octanol–water partition coefficient (Wildman–Crippen LogP) is 2.66. The van der Waals surface area contributed by atoms with E-state index in [0.717, 1.165) is 5.69 Å². The topological polar surface area (TPSA) is 110 Å². The summed E-state index contributed by atoms with van der Waals surface area (Å²) < 4.78 is 51.1. The molecule has 28 heavy (non-hydrogen) atoms. The number of primary sulfonamides is 1. The minimum Gasteiger partial charge on any atom is -0.392 e. The van der Waals surface area contributed by atoms with Crippen molar-refractivity contribution in [3.05, 3.63) is 59.8 Å². The van der Waals surface area contributed by atoms with Gasteiger partial charge in [0.05, 0.1) is 22.9 Å². The number of hydrogen-bond donors (Lipinski definition) is 3. The molecule has 0 unspecified atom stereocenters. The summed E-state index contributed by atoms with van der Waals surface area (Å²) in [5, 5.41) is 21.6. The fraction of sp³-hybridized carbons (Fsp3) is 0.167. The Labute approximate surface area is 160 Å². The van der Waals surface area contributed by atoms with E-state index in [4.69, 9.17) is 5.14 Å². The number of halogens is 2. The van der Waals surface area contributed by atoms with Gasteiger partial charge >= 0.3 is 0 Å². The molecule has 148 valence electrons. The lowest BCUT2D eigenvalue weighted by atomic mass is 10.1. The Bertz CT molecular complexity index is 1100. The third kappa shape index (κ3) is 3.88. The summed E-state index contributed by atoms with van der Waals surface area (Å²) in [6, 6.07) is 12.3. The van der Waals surface area contributed by atoms with Gasteiger partial charge in [0.2, 0.25) is 10.0 Å². The highest BCUT2D eigenvalue weighted by molar-refractivity contribution is 7.89. The standard InChI is InChI=1S/C18H18F2N4O3S/c1-22-13-4-2-11(3-5-13)16-9-15(18(19)20)23-24(16)14-6-7-17(28(21,26)27)12(8-14)10-25/h2-9,18,22,25H,10H2,1H3,(H2,21,26,27). The van der Waals surface area contributed by atoms with E-state index in [-0.39, 0.29) is 10.5 Å². The maximum Gasteiger partial charge on any atom is 0.282 e. The van der Waals surface area contributed by atoms with E-state index in [0.29, 0.717) is 16.9 Å². The molecule has 0 saturated carbocycles. The van der Waals surface area contributed by atoms with Crippen LogP contribution in [0.4, 0.5) is 14.5 Å². The van der Waals surface area contributed by atoms with E-state index >= 15 is 0 Å². The van der Waals surface area contributed by atoms with Crippen LogP contribution in [0.1, 0.15) is 17.7 Å². The third-order valence-corrected chi connectivity index (χ3v) is 5.20. The number of anilines is 1. The van der Waals surface area contributed by atoms with Gasteiger partial charge in [-0.05, 0) is 42.0 Å². The Balaban J connectivity index is 2.18. The zero-order valence-electron chi connectivity index (χ0n) is 14.8. The van der Waals surface area contributed by atoms with Crippen LogP contribution in [0.3, 0.4) is 0 Å². The van der Waals surface area contributed by atoms with Gasteiger partial charge in [-0.3, -0.25) is 0 Å². The quantitative estimate of drug-likeness (QED) is 0.581. The fourth-order valence-corrected chi connectivity index (χ4v) is 3.56. The lowest BCUT2D eigenvalue weighted by molar-refractivity contribution is 0.145. The number of aromatic nitrogens is 2. The molecular weight excluding hydrogens is 390 g/mol. The van der Waals surface area contributed by atoms with E-state index in [1.165, 1.54) is 28.9 Å². The zero-order chi connectivity index (χ0) is 20.5. The number of hydrogen-bond acceptors (Lipinski definition) is 5. The van der Waals surface area contributed by atoms with Crippen LogP contribution in [0.2, 0.25) is 0 Å². The van der Waals surface area contributed by atoms with Crippen LogP contribution in [-0.2, 0) is 16.6 Å². The van der Waals surface area contributed by atoms with Gasteiger partial charge in [-0.25, -0.2) is 27.0 Å². The number of rotatable bonds is 6. The van der Waals surface area contributed by atoms with E-state index < -0.39 is 28.7 Å². The molecule has 7 nitrogen and oxygen atoms in total. The van der Waals surface area contributed by atoms with Crippen LogP contribution in [-0.4, -0.2) is 30.4 Å². The highest BCUT2D eigenvalue weighted by Gasteiger charge is 2.20.